The number of anilines is 1. The minimum absolute atomic E-state index is 0.0339. The number of methoxy groups -OCH3 is 1. The molecule has 0 radical (unpaired) electrons. The van der Waals surface area contributed by atoms with Gasteiger partial charge in [0.05, 0.1) is 18.6 Å². The smallest absolute Gasteiger partial charge is 0.232 e. The molecule has 1 rings (SSSR count). The van der Waals surface area contributed by atoms with Gasteiger partial charge in [0.1, 0.15) is 0 Å². The Morgan fingerprint density at radius 3 is 2.40 bits per heavy atom. The van der Waals surface area contributed by atoms with E-state index in [1.54, 1.807) is 24.1 Å². The van der Waals surface area contributed by atoms with Crippen molar-refractivity contribution in [1.82, 2.24) is 4.90 Å². The van der Waals surface area contributed by atoms with Crippen molar-refractivity contribution in [1.29, 1.82) is 0 Å². The van der Waals surface area contributed by atoms with Crippen LogP contribution in [0.2, 0.25) is 0 Å². The highest BCUT2D eigenvalue weighted by atomic mass is 16.5. The van der Waals surface area contributed by atoms with Crippen molar-refractivity contribution < 1.29 is 14.6 Å². The summed E-state index contributed by atoms with van der Waals surface area (Å²) in [7, 11) is 1.59. The molecule has 5 heteroatoms. The van der Waals surface area contributed by atoms with Gasteiger partial charge in [0.15, 0.2) is 0 Å². The van der Waals surface area contributed by atoms with Crippen LogP contribution in [0.5, 0.6) is 0 Å². The summed E-state index contributed by atoms with van der Waals surface area (Å²) in [5.41, 5.74) is 6.57. The molecule has 0 aromatic heterocycles. The molecule has 1 aromatic carbocycles. The fraction of sp³-hybridized carbons (Fsp3) is 0.533. The highest BCUT2D eigenvalue weighted by Crippen LogP contribution is 2.26. The third kappa shape index (κ3) is 3.95. The van der Waals surface area contributed by atoms with Crippen LogP contribution < -0.4 is 5.73 Å². The van der Waals surface area contributed by atoms with Crippen molar-refractivity contribution in [3.63, 3.8) is 0 Å². The third-order valence-electron chi connectivity index (χ3n) is 3.39. The minimum Gasteiger partial charge on any atom is -0.399 e. The van der Waals surface area contributed by atoms with Crippen LogP contribution in [0, 0.1) is 0 Å². The van der Waals surface area contributed by atoms with E-state index in [9.17, 15) is 4.79 Å². The zero-order valence-electron chi connectivity index (χ0n) is 12.4. The Kier molecular flexibility index (Phi) is 5.98. The second-order valence-corrected chi connectivity index (χ2v) is 5.26. The molecule has 0 aliphatic heterocycles. The summed E-state index contributed by atoms with van der Waals surface area (Å²) in [5.74, 6) is -0.0339. The van der Waals surface area contributed by atoms with E-state index in [2.05, 4.69) is 0 Å². The first-order chi connectivity index (χ1) is 9.43. The topological polar surface area (TPSA) is 75.8 Å². The summed E-state index contributed by atoms with van der Waals surface area (Å²) >= 11 is 0. The second kappa shape index (κ2) is 7.26. The van der Waals surface area contributed by atoms with Crippen LogP contribution in [0.1, 0.15) is 19.4 Å². The molecule has 0 unspecified atom stereocenters. The van der Waals surface area contributed by atoms with Gasteiger partial charge in [-0.3, -0.25) is 4.79 Å². The summed E-state index contributed by atoms with van der Waals surface area (Å²) in [4.78, 5) is 14.3. The number of hydrogen-bond donors (Lipinski definition) is 2. The molecule has 1 aromatic rings. The Morgan fingerprint density at radius 2 is 1.90 bits per heavy atom. The molecule has 0 atom stereocenters. The zero-order chi connectivity index (χ0) is 15.2. The molecular weight excluding hydrogens is 256 g/mol. The molecule has 5 nitrogen and oxygen atoms in total. The van der Waals surface area contributed by atoms with Gasteiger partial charge in [-0.25, -0.2) is 0 Å². The molecule has 112 valence electrons. The van der Waals surface area contributed by atoms with Gasteiger partial charge in [-0.15, -0.1) is 0 Å². The van der Waals surface area contributed by atoms with Crippen molar-refractivity contribution in [2.24, 2.45) is 0 Å². The number of nitrogens with zero attached hydrogens (tertiary/aromatic N) is 1. The lowest BCUT2D eigenvalue weighted by Gasteiger charge is -2.32. The standard InChI is InChI=1S/C15H24N2O3/c1-15(2,12-4-6-13(16)7-5-12)14(19)17(8-10-18)9-11-20-3/h4-7,18H,8-11,16H2,1-3H3. The molecule has 0 spiro atoms. The quantitative estimate of drug-likeness (QED) is 0.731. The molecule has 0 saturated carbocycles. The first-order valence-electron chi connectivity index (χ1n) is 6.68. The van der Waals surface area contributed by atoms with Gasteiger partial charge in [-0.05, 0) is 31.5 Å². The van der Waals surface area contributed by atoms with Gasteiger partial charge in [0.25, 0.3) is 0 Å². The average molecular weight is 280 g/mol. The molecule has 0 heterocycles. The Labute approximate surface area is 120 Å². The lowest BCUT2D eigenvalue weighted by atomic mass is 9.83. The maximum Gasteiger partial charge on any atom is 0.232 e. The first kappa shape index (κ1) is 16.5. The number of rotatable bonds is 7. The third-order valence-corrected chi connectivity index (χ3v) is 3.39. The number of benzene rings is 1. The van der Waals surface area contributed by atoms with E-state index in [4.69, 9.17) is 15.6 Å². The number of carbonyl (C=O) groups excluding carboxylic acids is 1. The summed E-state index contributed by atoms with van der Waals surface area (Å²) in [5, 5.41) is 9.11. The molecule has 0 aliphatic rings. The van der Waals surface area contributed by atoms with E-state index in [0.29, 0.717) is 25.4 Å². The summed E-state index contributed by atoms with van der Waals surface area (Å²) in [6, 6.07) is 7.30. The lowest BCUT2D eigenvalue weighted by Crippen LogP contribution is -2.46. The van der Waals surface area contributed by atoms with Gasteiger partial charge in [-0.2, -0.15) is 0 Å². The maximum absolute atomic E-state index is 12.7. The van der Waals surface area contributed by atoms with E-state index in [1.807, 2.05) is 26.0 Å². The molecule has 20 heavy (non-hydrogen) atoms. The predicted octanol–water partition coefficient (Wildman–Crippen LogP) is 1.01. The van der Waals surface area contributed by atoms with Gasteiger partial charge < -0.3 is 20.5 Å². The molecule has 3 N–H and O–H groups in total. The highest BCUT2D eigenvalue weighted by Gasteiger charge is 2.33. The molecule has 0 saturated heterocycles. The summed E-state index contributed by atoms with van der Waals surface area (Å²) in [6.07, 6.45) is 0. The number of nitrogen functional groups attached to an aromatic ring is 1. The van der Waals surface area contributed by atoms with Crippen molar-refractivity contribution in [3.8, 4) is 0 Å². The number of aliphatic hydroxyl groups excluding tert-OH is 1. The van der Waals surface area contributed by atoms with Gasteiger partial charge in [0, 0.05) is 25.9 Å². The molecule has 0 bridgehead atoms. The van der Waals surface area contributed by atoms with E-state index in [0.717, 1.165) is 5.56 Å². The van der Waals surface area contributed by atoms with E-state index >= 15 is 0 Å². The average Bonchev–Trinajstić information content (AvgIpc) is 2.43. The van der Waals surface area contributed by atoms with Gasteiger partial charge in [-0.1, -0.05) is 12.1 Å². The first-order valence-corrected chi connectivity index (χ1v) is 6.68. The van der Waals surface area contributed by atoms with E-state index in [-0.39, 0.29) is 12.5 Å². The Hall–Kier alpha value is -1.59. The molecule has 0 fully saturated rings. The Balaban J connectivity index is 2.92. The van der Waals surface area contributed by atoms with Crippen LogP contribution in [0.25, 0.3) is 0 Å². The highest BCUT2D eigenvalue weighted by molar-refractivity contribution is 5.87. The van der Waals surface area contributed by atoms with Crippen LogP contribution >= 0.6 is 0 Å². The predicted molar refractivity (Wildman–Crippen MR) is 79.4 cm³/mol. The van der Waals surface area contributed by atoms with Crippen LogP contribution in [0.4, 0.5) is 5.69 Å². The Bertz CT molecular complexity index is 429. The number of hydrogen-bond acceptors (Lipinski definition) is 4. The van der Waals surface area contributed by atoms with Crippen molar-refractivity contribution >= 4 is 11.6 Å². The number of amides is 1. The summed E-state index contributed by atoms with van der Waals surface area (Å²) in [6.45, 7) is 4.90. The monoisotopic (exact) mass is 280 g/mol. The van der Waals surface area contributed by atoms with Crippen molar-refractivity contribution in [3.05, 3.63) is 29.8 Å². The number of nitrogens with two attached hydrogens (primary N) is 1. The minimum atomic E-state index is -0.670. The van der Waals surface area contributed by atoms with Crippen molar-refractivity contribution in [2.45, 2.75) is 19.3 Å². The Morgan fingerprint density at radius 1 is 1.30 bits per heavy atom. The van der Waals surface area contributed by atoms with Crippen LogP contribution in [-0.2, 0) is 14.9 Å². The van der Waals surface area contributed by atoms with Crippen LogP contribution in [0.3, 0.4) is 0 Å². The van der Waals surface area contributed by atoms with Crippen LogP contribution in [0.15, 0.2) is 24.3 Å². The second-order valence-electron chi connectivity index (χ2n) is 5.26. The summed E-state index contributed by atoms with van der Waals surface area (Å²) < 4.78 is 5.01. The number of ether oxygens (including phenoxy) is 1. The fourth-order valence-corrected chi connectivity index (χ4v) is 2.06. The van der Waals surface area contributed by atoms with Gasteiger partial charge in [0.2, 0.25) is 5.91 Å². The molecule has 0 aliphatic carbocycles. The fourth-order valence-electron chi connectivity index (χ4n) is 2.06. The zero-order valence-corrected chi connectivity index (χ0v) is 12.4. The SMILES string of the molecule is COCCN(CCO)C(=O)C(C)(C)c1ccc(N)cc1. The van der Waals surface area contributed by atoms with Crippen LogP contribution in [-0.4, -0.2) is 49.3 Å². The van der Waals surface area contributed by atoms with Gasteiger partial charge >= 0.3 is 0 Å². The molecular formula is C15H24N2O3. The molecule has 1 amide bonds. The van der Waals surface area contributed by atoms with Crippen molar-refractivity contribution in [2.75, 3.05) is 39.1 Å². The van der Waals surface area contributed by atoms with E-state index in [1.165, 1.54) is 0 Å². The normalized spacial score (nSPS) is 11.4. The maximum atomic E-state index is 12.7. The van der Waals surface area contributed by atoms with E-state index < -0.39 is 5.41 Å². The lowest BCUT2D eigenvalue weighted by molar-refractivity contribution is -0.137. The number of aliphatic hydroxyl groups is 1. The largest absolute Gasteiger partial charge is 0.399 e. The number of carbonyl (C=O) groups is 1.